The molecule has 82 valence electrons. The first-order chi connectivity index (χ1) is 7.76. The van der Waals surface area contributed by atoms with Crippen molar-refractivity contribution in [3.8, 4) is 6.07 Å². The molecule has 2 rings (SSSR count). The Morgan fingerprint density at radius 1 is 1.56 bits per heavy atom. The molecule has 0 radical (unpaired) electrons. The molecule has 0 aliphatic carbocycles. The zero-order chi connectivity index (χ0) is 11.5. The van der Waals surface area contributed by atoms with E-state index in [1.54, 1.807) is 0 Å². The molecule has 1 aliphatic heterocycles. The predicted molar refractivity (Wildman–Crippen MR) is 61.1 cm³/mol. The van der Waals surface area contributed by atoms with Crippen LogP contribution in [-0.4, -0.2) is 28.2 Å². The van der Waals surface area contributed by atoms with Gasteiger partial charge in [-0.15, -0.1) is 0 Å². The number of hydrogen-bond donors (Lipinski definition) is 1. The molecule has 1 aromatic heterocycles. The summed E-state index contributed by atoms with van der Waals surface area (Å²) in [7, 11) is 0. The minimum absolute atomic E-state index is 0.0175. The molecule has 0 bridgehead atoms. The Balaban J connectivity index is 2.32. The van der Waals surface area contributed by atoms with Gasteiger partial charge in [-0.1, -0.05) is 0 Å². The van der Waals surface area contributed by atoms with Gasteiger partial charge in [0.05, 0.1) is 0 Å². The zero-order valence-corrected chi connectivity index (χ0v) is 9.39. The first-order valence-corrected chi connectivity index (χ1v) is 5.52. The third-order valence-corrected chi connectivity index (χ3v) is 3.02. The number of thiol groups is 1. The van der Waals surface area contributed by atoms with Crippen molar-refractivity contribution in [2.45, 2.75) is 6.42 Å². The lowest BCUT2D eigenvalue weighted by Crippen LogP contribution is -2.26. The van der Waals surface area contributed by atoms with Crippen molar-refractivity contribution in [1.82, 2.24) is 9.97 Å². The number of hydrogen-bond acceptors (Lipinski definition) is 5. The van der Waals surface area contributed by atoms with Crippen LogP contribution in [0, 0.1) is 17.2 Å². The Morgan fingerprint density at radius 2 is 2.31 bits per heavy atom. The lowest BCUT2D eigenvalue weighted by atomic mass is 10.1. The number of carbonyl (C=O) groups is 1. The highest BCUT2D eigenvalue weighted by Gasteiger charge is 2.32. The SMILES string of the molecule is N#Cc1nccnc1N1CC(CS)CC1=O. The number of rotatable bonds is 2. The molecular formula is C10H10N4OS. The van der Waals surface area contributed by atoms with E-state index in [2.05, 4.69) is 22.6 Å². The summed E-state index contributed by atoms with van der Waals surface area (Å²) in [5, 5.41) is 8.88. The number of carbonyl (C=O) groups excluding carboxylic acids is 1. The fourth-order valence-corrected chi connectivity index (χ4v) is 1.96. The molecule has 1 unspecified atom stereocenters. The van der Waals surface area contributed by atoms with E-state index in [9.17, 15) is 4.79 Å². The van der Waals surface area contributed by atoms with Gasteiger partial charge in [0.15, 0.2) is 11.5 Å². The molecule has 1 aromatic rings. The monoisotopic (exact) mass is 234 g/mol. The van der Waals surface area contributed by atoms with Gasteiger partial charge in [-0.25, -0.2) is 9.97 Å². The number of nitriles is 1. The van der Waals surface area contributed by atoms with Gasteiger partial charge in [-0.3, -0.25) is 9.69 Å². The molecular weight excluding hydrogens is 224 g/mol. The van der Waals surface area contributed by atoms with Gasteiger partial charge in [0.2, 0.25) is 5.91 Å². The Hall–Kier alpha value is -1.61. The number of amides is 1. The van der Waals surface area contributed by atoms with Crippen molar-refractivity contribution in [2.24, 2.45) is 5.92 Å². The Morgan fingerprint density at radius 3 is 2.94 bits per heavy atom. The highest BCUT2D eigenvalue weighted by atomic mass is 32.1. The molecule has 1 amide bonds. The normalized spacial score (nSPS) is 19.9. The smallest absolute Gasteiger partial charge is 0.228 e. The summed E-state index contributed by atoms with van der Waals surface area (Å²) in [6.45, 7) is 0.565. The molecule has 1 fully saturated rings. The van der Waals surface area contributed by atoms with Crippen molar-refractivity contribution >= 4 is 24.4 Å². The molecule has 0 aromatic carbocycles. The van der Waals surface area contributed by atoms with Crippen LogP contribution in [0.5, 0.6) is 0 Å². The highest BCUT2D eigenvalue weighted by Crippen LogP contribution is 2.25. The van der Waals surface area contributed by atoms with E-state index in [4.69, 9.17) is 5.26 Å². The minimum Gasteiger partial charge on any atom is -0.294 e. The maximum Gasteiger partial charge on any atom is 0.228 e. The van der Waals surface area contributed by atoms with Crippen molar-refractivity contribution < 1.29 is 4.79 Å². The number of anilines is 1. The largest absolute Gasteiger partial charge is 0.294 e. The molecule has 2 heterocycles. The maximum atomic E-state index is 11.7. The predicted octanol–water partition coefficient (Wildman–Crippen LogP) is 0.631. The first kappa shape index (κ1) is 10.9. The Kier molecular flexibility index (Phi) is 3.06. The average Bonchev–Trinajstić information content (AvgIpc) is 2.70. The van der Waals surface area contributed by atoms with Gasteiger partial charge in [0.25, 0.3) is 0 Å². The van der Waals surface area contributed by atoms with Crippen LogP contribution in [0.25, 0.3) is 0 Å². The molecule has 16 heavy (non-hydrogen) atoms. The van der Waals surface area contributed by atoms with Crippen molar-refractivity contribution in [3.05, 3.63) is 18.1 Å². The van der Waals surface area contributed by atoms with Gasteiger partial charge in [-0.2, -0.15) is 17.9 Å². The summed E-state index contributed by atoms with van der Waals surface area (Å²) in [5.74, 6) is 1.23. The summed E-state index contributed by atoms with van der Waals surface area (Å²) >= 11 is 4.18. The quantitative estimate of drug-likeness (QED) is 0.762. The fraction of sp³-hybridized carbons (Fsp3) is 0.400. The average molecular weight is 234 g/mol. The van der Waals surface area contributed by atoms with Crippen LogP contribution in [0.15, 0.2) is 12.4 Å². The molecule has 0 N–H and O–H groups in total. The second-order valence-corrected chi connectivity index (χ2v) is 3.96. The summed E-state index contributed by atoms with van der Waals surface area (Å²) in [5.41, 5.74) is 0.190. The van der Waals surface area contributed by atoms with Gasteiger partial charge < -0.3 is 0 Å². The fourth-order valence-electron chi connectivity index (χ4n) is 1.72. The number of nitrogens with zero attached hydrogens (tertiary/aromatic N) is 4. The van der Waals surface area contributed by atoms with Gasteiger partial charge in [-0.05, 0) is 11.7 Å². The van der Waals surface area contributed by atoms with Crippen LogP contribution in [0.2, 0.25) is 0 Å². The first-order valence-electron chi connectivity index (χ1n) is 4.88. The van der Waals surface area contributed by atoms with Crippen LogP contribution in [0.3, 0.4) is 0 Å². The van der Waals surface area contributed by atoms with Crippen LogP contribution in [0.1, 0.15) is 12.1 Å². The minimum atomic E-state index is -0.0175. The molecule has 5 nitrogen and oxygen atoms in total. The van der Waals surface area contributed by atoms with Gasteiger partial charge in [0.1, 0.15) is 6.07 Å². The zero-order valence-electron chi connectivity index (χ0n) is 8.50. The molecule has 1 saturated heterocycles. The summed E-state index contributed by atoms with van der Waals surface area (Å²) in [4.78, 5) is 21.2. The second-order valence-electron chi connectivity index (χ2n) is 3.60. The van der Waals surface area contributed by atoms with E-state index in [0.717, 1.165) is 0 Å². The Labute approximate surface area is 98.5 Å². The summed E-state index contributed by atoms with van der Waals surface area (Å²) < 4.78 is 0. The van der Waals surface area contributed by atoms with E-state index in [-0.39, 0.29) is 17.5 Å². The third-order valence-electron chi connectivity index (χ3n) is 2.50. The van der Waals surface area contributed by atoms with E-state index in [1.807, 2.05) is 6.07 Å². The number of aromatic nitrogens is 2. The van der Waals surface area contributed by atoms with Crippen LogP contribution >= 0.6 is 12.6 Å². The van der Waals surface area contributed by atoms with Crippen molar-refractivity contribution in [1.29, 1.82) is 5.26 Å². The van der Waals surface area contributed by atoms with Crippen LogP contribution < -0.4 is 4.90 Å². The van der Waals surface area contributed by atoms with E-state index < -0.39 is 0 Å². The molecule has 0 saturated carbocycles. The van der Waals surface area contributed by atoms with E-state index >= 15 is 0 Å². The van der Waals surface area contributed by atoms with Crippen molar-refractivity contribution in [2.75, 3.05) is 17.2 Å². The van der Waals surface area contributed by atoms with E-state index in [0.29, 0.717) is 24.5 Å². The van der Waals surface area contributed by atoms with Crippen LogP contribution in [0.4, 0.5) is 5.82 Å². The lowest BCUT2D eigenvalue weighted by molar-refractivity contribution is -0.117. The molecule has 0 spiro atoms. The second kappa shape index (κ2) is 4.49. The van der Waals surface area contributed by atoms with Gasteiger partial charge in [0, 0.05) is 25.4 Å². The molecule has 1 aliphatic rings. The standard InChI is InChI=1S/C10H10N4OS/c11-4-8-10(13-2-1-12-8)14-5-7(6-16)3-9(14)15/h1-2,7,16H,3,5-6H2. The van der Waals surface area contributed by atoms with Crippen molar-refractivity contribution in [3.63, 3.8) is 0 Å². The summed E-state index contributed by atoms with van der Waals surface area (Å²) in [6.07, 6.45) is 3.39. The topological polar surface area (TPSA) is 69.9 Å². The van der Waals surface area contributed by atoms with E-state index in [1.165, 1.54) is 17.3 Å². The highest BCUT2D eigenvalue weighted by molar-refractivity contribution is 7.80. The molecule has 1 atom stereocenters. The summed E-state index contributed by atoms with van der Waals surface area (Å²) in [6, 6.07) is 1.94. The maximum absolute atomic E-state index is 11.7. The van der Waals surface area contributed by atoms with Gasteiger partial charge >= 0.3 is 0 Å². The molecule has 6 heteroatoms. The lowest BCUT2D eigenvalue weighted by Gasteiger charge is -2.15. The third kappa shape index (κ3) is 1.86. The Bertz CT molecular complexity index is 456. The van der Waals surface area contributed by atoms with Crippen LogP contribution in [-0.2, 0) is 4.79 Å².